The molecule has 0 aliphatic heterocycles. The predicted molar refractivity (Wildman–Crippen MR) is 33.8 cm³/mol. The summed E-state index contributed by atoms with van der Waals surface area (Å²) in [5.41, 5.74) is 0. The van der Waals surface area contributed by atoms with E-state index in [0.717, 1.165) is 13.3 Å². The number of aliphatic carboxylic acids is 1. The maximum absolute atomic E-state index is 9.00. The molecule has 0 atom stereocenters. The second-order valence-corrected chi connectivity index (χ2v) is 1.43. The van der Waals surface area contributed by atoms with E-state index in [1.807, 2.05) is 13.0 Å². The molecule has 0 saturated carbocycles. The van der Waals surface area contributed by atoms with Crippen molar-refractivity contribution >= 4 is 5.97 Å². The van der Waals surface area contributed by atoms with Gasteiger partial charge in [0, 0.05) is 13.3 Å². The highest BCUT2D eigenvalue weighted by Gasteiger charge is 1.65. The largest absolute Gasteiger partial charge is 0.481 e. The molecule has 0 radical (unpaired) electrons. The van der Waals surface area contributed by atoms with Crippen molar-refractivity contribution in [3.63, 3.8) is 0 Å². The molecular formula is C6H11NO2. The summed E-state index contributed by atoms with van der Waals surface area (Å²) in [5.74, 6) is -0.833. The average Bonchev–Trinajstić information content (AvgIpc) is 1.66. The summed E-state index contributed by atoms with van der Waals surface area (Å²) in [5, 5.41) is 15.2. The molecule has 0 spiro atoms. The summed E-state index contributed by atoms with van der Waals surface area (Å²) < 4.78 is 0. The van der Waals surface area contributed by atoms with E-state index in [0.29, 0.717) is 6.42 Å². The van der Waals surface area contributed by atoms with Gasteiger partial charge in [-0.25, -0.2) is 0 Å². The maximum atomic E-state index is 9.00. The molecule has 0 fully saturated rings. The lowest BCUT2D eigenvalue weighted by Gasteiger charge is -1.65. The molecule has 0 aromatic heterocycles. The van der Waals surface area contributed by atoms with Crippen molar-refractivity contribution in [1.82, 2.24) is 0 Å². The maximum Gasteiger partial charge on any atom is 0.300 e. The zero-order valence-corrected chi connectivity index (χ0v) is 5.72. The molecule has 0 aliphatic carbocycles. The Bertz CT molecular complexity index is 100. The van der Waals surface area contributed by atoms with Crippen LogP contribution in [0.25, 0.3) is 0 Å². The number of nitrogens with zero attached hydrogens (tertiary/aromatic N) is 1. The van der Waals surface area contributed by atoms with Gasteiger partial charge < -0.3 is 5.11 Å². The summed E-state index contributed by atoms with van der Waals surface area (Å²) in [6, 6.07) is 2.02. The first kappa shape index (κ1) is 10.9. The van der Waals surface area contributed by atoms with E-state index in [1.54, 1.807) is 0 Å². The second kappa shape index (κ2) is 10.0. The Labute approximate surface area is 54.9 Å². The number of rotatable bonds is 1. The molecule has 0 aliphatic rings. The minimum absolute atomic E-state index is 0.694. The molecule has 3 nitrogen and oxygen atoms in total. The van der Waals surface area contributed by atoms with Crippen LogP contribution in [0.4, 0.5) is 0 Å². The fourth-order valence-electron chi connectivity index (χ4n) is 0.112. The molecule has 0 unspecified atom stereocenters. The van der Waals surface area contributed by atoms with Gasteiger partial charge in [-0.05, 0) is 6.42 Å². The molecule has 0 aromatic carbocycles. The van der Waals surface area contributed by atoms with Gasteiger partial charge in [-0.3, -0.25) is 4.79 Å². The fraction of sp³-hybridized carbons (Fsp3) is 0.667. The number of hydrogen-bond donors (Lipinski definition) is 1. The Morgan fingerprint density at radius 3 is 2.11 bits per heavy atom. The van der Waals surface area contributed by atoms with E-state index in [-0.39, 0.29) is 0 Å². The van der Waals surface area contributed by atoms with E-state index >= 15 is 0 Å². The normalized spacial score (nSPS) is 6.33. The third-order valence-electron chi connectivity index (χ3n) is 0.362. The second-order valence-electron chi connectivity index (χ2n) is 1.43. The van der Waals surface area contributed by atoms with Crippen molar-refractivity contribution in [3.05, 3.63) is 0 Å². The van der Waals surface area contributed by atoms with Gasteiger partial charge in [0.15, 0.2) is 0 Å². The Kier molecular flexibility index (Phi) is 12.1. The molecule has 0 bridgehead atoms. The van der Waals surface area contributed by atoms with Crippen LogP contribution >= 0.6 is 0 Å². The van der Waals surface area contributed by atoms with Crippen molar-refractivity contribution in [3.8, 4) is 6.07 Å². The van der Waals surface area contributed by atoms with Crippen LogP contribution in [-0.4, -0.2) is 11.1 Å². The van der Waals surface area contributed by atoms with Gasteiger partial charge in [-0.15, -0.1) is 0 Å². The van der Waals surface area contributed by atoms with Crippen molar-refractivity contribution in [1.29, 1.82) is 5.26 Å². The number of carbonyl (C=O) groups is 1. The van der Waals surface area contributed by atoms with E-state index in [1.165, 1.54) is 0 Å². The number of carboxylic acids is 1. The summed E-state index contributed by atoms with van der Waals surface area (Å²) in [6.07, 6.45) is 1.68. The Morgan fingerprint density at radius 1 is 1.78 bits per heavy atom. The highest BCUT2D eigenvalue weighted by Crippen LogP contribution is 1.77. The third-order valence-corrected chi connectivity index (χ3v) is 0.362. The SMILES string of the molecule is CC(=O)O.CCCC#N. The lowest BCUT2D eigenvalue weighted by atomic mass is 10.4. The van der Waals surface area contributed by atoms with Crippen LogP contribution in [0, 0.1) is 11.3 Å². The smallest absolute Gasteiger partial charge is 0.300 e. The van der Waals surface area contributed by atoms with Gasteiger partial charge in [-0.2, -0.15) is 5.26 Å². The summed E-state index contributed by atoms with van der Waals surface area (Å²) in [6.45, 7) is 3.07. The Balaban J connectivity index is 0. The first-order valence-corrected chi connectivity index (χ1v) is 2.71. The van der Waals surface area contributed by atoms with Crippen LogP contribution in [0.2, 0.25) is 0 Å². The van der Waals surface area contributed by atoms with E-state index in [2.05, 4.69) is 0 Å². The number of unbranched alkanes of at least 4 members (excludes halogenated alkanes) is 1. The molecule has 0 aromatic rings. The third kappa shape index (κ3) is 186. The van der Waals surface area contributed by atoms with Gasteiger partial charge in [0.05, 0.1) is 6.07 Å². The predicted octanol–water partition coefficient (Wildman–Crippen LogP) is 1.40. The summed E-state index contributed by atoms with van der Waals surface area (Å²) in [7, 11) is 0. The van der Waals surface area contributed by atoms with Crippen LogP contribution in [0.1, 0.15) is 26.7 Å². The van der Waals surface area contributed by atoms with Crippen molar-refractivity contribution in [2.24, 2.45) is 0 Å². The minimum atomic E-state index is -0.833. The first-order valence-electron chi connectivity index (χ1n) is 2.71. The topological polar surface area (TPSA) is 61.1 Å². The molecule has 3 heteroatoms. The molecule has 0 rings (SSSR count). The molecule has 0 saturated heterocycles. The first-order chi connectivity index (χ1) is 4.15. The Morgan fingerprint density at radius 2 is 2.11 bits per heavy atom. The van der Waals surface area contributed by atoms with Crippen LogP contribution < -0.4 is 0 Å². The molecular weight excluding hydrogens is 118 g/mol. The number of hydrogen-bond acceptors (Lipinski definition) is 2. The molecule has 0 amide bonds. The lowest BCUT2D eigenvalue weighted by molar-refractivity contribution is -0.134. The van der Waals surface area contributed by atoms with Crippen molar-refractivity contribution in [2.45, 2.75) is 26.7 Å². The van der Waals surface area contributed by atoms with Gasteiger partial charge in [0.1, 0.15) is 0 Å². The zero-order chi connectivity index (χ0) is 7.70. The summed E-state index contributed by atoms with van der Waals surface area (Å²) >= 11 is 0. The number of nitriles is 1. The monoisotopic (exact) mass is 129 g/mol. The van der Waals surface area contributed by atoms with Crippen LogP contribution in [0.3, 0.4) is 0 Å². The minimum Gasteiger partial charge on any atom is -0.481 e. The molecule has 9 heavy (non-hydrogen) atoms. The van der Waals surface area contributed by atoms with Crippen LogP contribution in [0.15, 0.2) is 0 Å². The van der Waals surface area contributed by atoms with Gasteiger partial charge >= 0.3 is 0 Å². The van der Waals surface area contributed by atoms with Crippen molar-refractivity contribution < 1.29 is 9.90 Å². The highest BCUT2D eigenvalue weighted by molar-refractivity contribution is 5.62. The average molecular weight is 129 g/mol. The number of carboxylic acid groups (broad SMARTS) is 1. The molecule has 52 valence electrons. The van der Waals surface area contributed by atoms with E-state index < -0.39 is 5.97 Å². The molecule has 1 N–H and O–H groups in total. The lowest BCUT2D eigenvalue weighted by Crippen LogP contribution is -1.78. The van der Waals surface area contributed by atoms with Gasteiger partial charge in [-0.1, -0.05) is 6.92 Å². The van der Waals surface area contributed by atoms with Gasteiger partial charge in [0.2, 0.25) is 0 Å². The van der Waals surface area contributed by atoms with Crippen LogP contribution in [0.5, 0.6) is 0 Å². The standard InChI is InChI=1S/C4H7N.C2H4O2/c1-2-3-4-5;1-2(3)4/h2-3H2,1H3;1H3,(H,3,4). The fourth-order valence-corrected chi connectivity index (χ4v) is 0.112. The van der Waals surface area contributed by atoms with E-state index in [9.17, 15) is 0 Å². The zero-order valence-electron chi connectivity index (χ0n) is 5.72. The quantitative estimate of drug-likeness (QED) is 0.582. The Hall–Kier alpha value is -1.04. The highest BCUT2D eigenvalue weighted by atomic mass is 16.4. The van der Waals surface area contributed by atoms with E-state index in [4.69, 9.17) is 15.2 Å². The summed E-state index contributed by atoms with van der Waals surface area (Å²) in [4.78, 5) is 9.00. The van der Waals surface area contributed by atoms with Crippen LogP contribution in [-0.2, 0) is 4.79 Å². The van der Waals surface area contributed by atoms with Crippen molar-refractivity contribution in [2.75, 3.05) is 0 Å². The van der Waals surface area contributed by atoms with Gasteiger partial charge in [0.25, 0.3) is 5.97 Å². The molecule has 0 heterocycles.